The zero-order valence-corrected chi connectivity index (χ0v) is 25.6. The first-order valence-electron chi connectivity index (χ1n) is 13.9. The summed E-state index contributed by atoms with van der Waals surface area (Å²) >= 11 is 0. The summed E-state index contributed by atoms with van der Waals surface area (Å²) in [5.41, 5.74) is 7.91. The van der Waals surface area contributed by atoms with Crippen LogP contribution in [0.1, 0.15) is 56.6 Å². The number of aromatic nitrogens is 2. The molecule has 2 aromatic rings. The summed E-state index contributed by atoms with van der Waals surface area (Å²) in [5.74, 6) is -2.34. The highest BCUT2D eigenvalue weighted by atomic mass is 16.5. The Bertz CT molecular complexity index is 1510. The lowest BCUT2D eigenvalue weighted by Gasteiger charge is -2.20. The van der Waals surface area contributed by atoms with Gasteiger partial charge in [0.15, 0.2) is 0 Å². The second-order valence-corrected chi connectivity index (χ2v) is 9.57. The number of carbonyl (C=O) groups excluding carboxylic acids is 5. The third-order valence-electron chi connectivity index (χ3n) is 5.85. The smallest absolute Gasteiger partial charge is 0.328 e. The fourth-order valence-electron chi connectivity index (χ4n) is 3.92. The number of amides is 3. The van der Waals surface area contributed by atoms with Crippen LogP contribution in [0.25, 0.3) is 11.9 Å². The first kappa shape index (κ1) is 34.9. The van der Waals surface area contributed by atoms with Crippen LogP contribution in [0.3, 0.4) is 0 Å². The number of ether oxygens (including phenoxy) is 2. The molecular formula is C30H39N7O7. The Hall–Kier alpha value is -5.27. The number of nitrogens with one attached hydrogen (secondary N) is 3. The van der Waals surface area contributed by atoms with Gasteiger partial charge in [-0.25, -0.2) is 9.78 Å². The number of allylic oxidation sites excluding steroid dienone is 1. The summed E-state index contributed by atoms with van der Waals surface area (Å²) in [7, 11) is 1.81. The van der Waals surface area contributed by atoms with Gasteiger partial charge in [0.1, 0.15) is 17.2 Å². The summed E-state index contributed by atoms with van der Waals surface area (Å²) < 4.78 is 9.95. The largest absolute Gasteiger partial charge is 0.466 e. The van der Waals surface area contributed by atoms with E-state index in [1.165, 1.54) is 26.1 Å². The van der Waals surface area contributed by atoms with Gasteiger partial charge in [0, 0.05) is 44.3 Å². The third kappa shape index (κ3) is 11.2. The Morgan fingerprint density at radius 3 is 2.25 bits per heavy atom. The topological polar surface area (TPSA) is 195 Å². The Kier molecular flexibility index (Phi) is 13.5. The van der Waals surface area contributed by atoms with Gasteiger partial charge in [-0.2, -0.15) is 0 Å². The SMILES string of the molecule is C=C(/C=c1/ncc(CN(C)c2ccc(C(=O)NC(CCC(=O)OCC)C(=O)OCC)cc2)n/c1=C(/N)NC(C)=O)NC(C)=O. The maximum absolute atomic E-state index is 12.9. The second kappa shape index (κ2) is 17.0. The minimum Gasteiger partial charge on any atom is -0.466 e. The zero-order valence-electron chi connectivity index (χ0n) is 25.6. The predicted octanol–water partition coefficient (Wildman–Crippen LogP) is -0.291. The first-order valence-corrected chi connectivity index (χ1v) is 13.9. The van der Waals surface area contributed by atoms with Crippen LogP contribution >= 0.6 is 0 Å². The van der Waals surface area contributed by atoms with Gasteiger partial charge in [-0.15, -0.1) is 0 Å². The van der Waals surface area contributed by atoms with Crippen LogP contribution in [0.2, 0.25) is 0 Å². The number of rotatable bonds is 14. The van der Waals surface area contributed by atoms with E-state index in [9.17, 15) is 24.0 Å². The average molecular weight is 610 g/mol. The molecule has 0 aliphatic rings. The normalized spacial score (nSPS) is 12.3. The summed E-state index contributed by atoms with van der Waals surface area (Å²) in [4.78, 5) is 70.8. The average Bonchev–Trinajstić information content (AvgIpc) is 2.95. The van der Waals surface area contributed by atoms with Crippen LogP contribution in [0, 0.1) is 0 Å². The molecule has 2 rings (SSSR count). The third-order valence-corrected chi connectivity index (χ3v) is 5.85. The summed E-state index contributed by atoms with van der Waals surface area (Å²) in [6.45, 7) is 10.4. The van der Waals surface area contributed by atoms with Crippen LogP contribution in [0.15, 0.2) is 42.7 Å². The maximum Gasteiger partial charge on any atom is 0.328 e. The molecule has 236 valence electrons. The van der Waals surface area contributed by atoms with Crippen LogP contribution in [0.5, 0.6) is 0 Å². The van der Waals surface area contributed by atoms with Crippen molar-refractivity contribution in [2.24, 2.45) is 5.73 Å². The van der Waals surface area contributed by atoms with E-state index in [1.807, 2.05) is 11.9 Å². The van der Waals surface area contributed by atoms with Crippen LogP contribution in [-0.4, -0.2) is 65.9 Å². The Morgan fingerprint density at radius 2 is 1.66 bits per heavy atom. The van der Waals surface area contributed by atoms with Crippen molar-refractivity contribution in [1.29, 1.82) is 0 Å². The van der Waals surface area contributed by atoms with Gasteiger partial charge in [-0.05, 0) is 50.6 Å². The fraction of sp³-hybridized carbons (Fsp3) is 0.367. The van der Waals surface area contributed by atoms with Crippen LogP contribution in [0.4, 0.5) is 5.69 Å². The van der Waals surface area contributed by atoms with Gasteiger partial charge in [0.2, 0.25) is 11.8 Å². The molecule has 0 fully saturated rings. The lowest BCUT2D eigenvalue weighted by Crippen LogP contribution is -2.42. The molecule has 0 bridgehead atoms. The quantitative estimate of drug-likeness (QED) is 0.206. The predicted molar refractivity (Wildman–Crippen MR) is 162 cm³/mol. The minimum atomic E-state index is -1.01. The highest BCUT2D eigenvalue weighted by Crippen LogP contribution is 2.16. The molecular weight excluding hydrogens is 570 g/mol. The van der Waals surface area contributed by atoms with E-state index in [0.717, 1.165) is 5.69 Å². The van der Waals surface area contributed by atoms with Gasteiger partial charge < -0.3 is 36.1 Å². The van der Waals surface area contributed by atoms with Crippen molar-refractivity contribution in [1.82, 2.24) is 25.9 Å². The van der Waals surface area contributed by atoms with Gasteiger partial charge >= 0.3 is 11.9 Å². The second-order valence-electron chi connectivity index (χ2n) is 9.57. The molecule has 0 aliphatic heterocycles. The van der Waals surface area contributed by atoms with Crippen LogP contribution in [-0.2, 0) is 35.2 Å². The summed E-state index contributed by atoms with van der Waals surface area (Å²) in [6, 6.07) is 5.62. The molecule has 0 saturated carbocycles. The standard InChI is InChI=1S/C30H39N7O7/c1-7-43-26(40)14-13-24(30(42)44-8-2)36-29(41)21-9-11-23(12-10-21)37(6)17-22-16-32-25(15-18(3)33-19(4)38)27(35-22)28(31)34-20(5)39/h9-12,15-16,24H,3,7-8,13-14,17,31H2,1-2,4-6H3,(H,33,38)(H,34,39)(H,36,41)/b25-15+,28-27-. The Labute approximate surface area is 255 Å². The van der Waals surface area contributed by atoms with Crippen molar-refractivity contribution in [3.05, 3.63) is 64.7 Å². The van der Waals surface area contributed by atoms with Crippen molar-refractivity contribution >= 4 is 47.2 Å². The van der Waals surface area contributed by atoms with E-state index in [-0.39, 0.29) is 55.4 Å². The van der Waals surface area contributed by atoms with Crippen LogP contribution < -0.4 is 37.3 Å². The lowest BCUT2D eigenvalue weighted by atomic mass is 10.1. The Balaban J connectivity index is 2.23. The molecule has 44 heavy (non-hydrogen) atoms. The first-order chi connectivity index (χ1) is 20.8. The monoisotopic (exact) mass is 609 g/mol. The van der Waals surface area contributed by atoms with Gasteiger partial charge in [-0.1, -0.05) is 6.58 Å². The fourth-order valence-corrected chi connectivity index (χ4v) is 3.92. The van der Waals surface area contributed by atoms with E-state index in [0.29, 0.717) is 16.6 Å². The number of benzene rings is 1. The molecule has 0 spiro atoms. The summed E-state index contributed by atoms with van der Waals surface area (Å²) in [6.07, 6.45) is 3.00. The molecule has 1 unspecified atom stereocenters. The van der Waals surface area contributed by atoms with Gasteiger partial charge in [-0.3, -0.25) is 24.2 Å². The minimum absolute atomic E-state index is 0.0184. The van der Waals surface area contributed by atoms with Crippen molar-refractivity contribution in [2.45, 2.75) is 53.1 Å². The molecule has 1 atom stereocenters. The molecule has 5 N–H and O–H groups in total. The highest BCUT2D eigenvalue weighted by Gasteiger charge is 2.24. The van der Waals surface area contributed by atoms with Crippen molar-refractivity contribution in [3.63, 3.8) is 0 Å². The number of hydrogen-bond donors (Lipinski definition) is 4. The zero-order chi connectivity index (χ0) is 32.8. The number of hydrogen-bond acceptors (Lipinski definition) is 11. The molecule has 1 aromatic heterocycles. The Morgan fingerprint density at radius 1 is 1.02 bits per heavy atom. The van der Waals surface area contributed by atoms with E-state index < -0.39 is 29.8 Å². The number of nitrogens with two attached hydrogens (primary N) is 1. The molecule has 0 aliphatic carbocycles. The molecule has 3 amide bonds. The number of esters is 2. The van der Waals surface area contributed by atoms with Crippen molar-refractivity contribution in [3.8, 4) is 0 Å². The van der Waals surface area contributed by atoms with E-state index in [4.69, 9.17) is 15.2 Å². The number of nitrogens with zero attached hydrogens (tertiary/aromatic N) is 3. The maximum atomic E-state index is 12.9. The lowest BCUT2D eigenvalue weighted by molar-refractivity contribution is -0.147. The number of anilines is 1. The summed E-state index contributed by atoms with van der Waals surface area (Å²) in [5, 5.41) is 8.17. The molecule has 1 aromatic carbocycles. The van der Waals surface area contributed by atoms with Gasteiger partial charge in [0.25, 0.3) is 5.91 Å². The van der Waals surface area contributed by atoms with Crippen molar-refractivity contribution < 1.29 is 33.4 Å². The molecule has 14 heteroatoms. The molecule has 1 heterocycles. The highest BCUT2D eigenvalue weighted by molar-refractivity contribution is 5.97. The molecule has 0 radical (unpaired) electrons. The van der Waals surface area contributed by atoms with E-state index in [1.54, 1.807) is 38.1 Å². The molecule has 0 saturated heterocycles. The van der Waals surface area contributed by atoms with Crippen molar-refractivity contribution in [2.75, 3.05) is 25.2 Å². The van der Waals surface area contributed by atoms with E-state index in [2.05, 4.69) is 32.5 Å². The molecule has 14 nitrogen and oxygen atoms in total. The van der Waals surface area contributed by atoms with Gasteiger partial charge in [0.05, 0.1) is 37.0 Å². The number of carbonyl (C=O) groups is 5. The van der Waals surface area contributed by atoms with E-state index >= 15 is 0 Å².